The summed E-state index contributed by atoms with van der Waals surface area (Å²) in [5.74, 6) is 1.70. The highest BCUT2D eigenvalue weighted by atomic mass is 35.5. The normalized spacial score (nSPS) is 12.9. The van der Waals surface area contributed by atoms with Crippen molar-refractivity contribution in [1.29, 1.82) is 0 Å². The Balaban J connectivity index is 0.00000338. The van der Waals surface area contributed by atoms with Gasteiger partial charge in [-0.15, -0.1) is 12.4 Å². The van der Waals surface area contributed by atoms with Crippen LogP contribution in [0.2, 0.25) is 0 Å². The number of aliphatic hydroxyl groups excluding tert-OH is 1. The maximum atomic E-state index is 10.4. The van der Waals surface area contributed by atoms with Gasteiger partial charge in [0, 0.05) is 11.6 Å². The topological polar surface area (TPSA) is 73.9 Å². The Bertz CT molecular complexity index is 679. The lowest BCUT2D eigenvalue weighted by molar-refractivity contribution is 0.0963. The lowest BCUT2D eigenvalue weighted by atomic mass is 9.93. The van der Waals surface area contributed by atoms with Gasteiger partial charge in [-0.2, -0.15) is 0 Å². The fourth-order valence-corrected chi connectivity index (χ4v) is 2.60. The van der Waals surface area contributed by atoms with Crippen LogP contribution < -0.4 is 19.9 Å². The number of nitrogens with two attached hydrogens (primary N) is 1. The summed E-state index contributed by atoms with van der Waals surface area (Å²) >= 11 is 0. The van der Waals surface area contributed by atoms with Crippen molar-refractivity contribution in [3.63, 3.8) is 0 Å². The van der Waals surface area contributed by atoms with E-state index < -0.39 is 12.1 Å². The Labute approximate surface area is 161 Å². The predicted octanol–water partition coefficient (Wildman–Crippen LogP) is 3.72. The summed E-state index contributed by atoms with van der Waals surface area (Å²) in [7, 11) is 3.14. The zero-order valence-corrected chi connectivity index (χ0v) is 16.5. The van der Waals surface area contributed by atoms with Crippen molar-refractivity contribution in [3.05, 3.63) is 53.6 Å². The average Bonchev–Trinajstić information content (AvgIpc) is 2.65. The quantitative estimate of drug-likeness (QED) is 0.728. The first-order valence-corrected chi connectivity index (χ1v) is 8.34. The van der Waals surface area contributed by atoms with E-state index in [1.54, 1.807) is 26.4 Å². The second-order valence-electron chi connectivity index (χ2n) is 6.28. The van der Waals surface area contributed by atoms with Crippen molar-refractivity contribution in [3.8, 4) is 17.2 Å². The third kappa shape index (κ3) is 5.27. The number of benzene rings is 2. The first kappa shape index (κ1) is 22.1. The van der Waals surface area contributed by atoms with Crippen LogP contribution in [0.5, 0.6) is 17.2 Å². The number of ether oxygens (including phenoxy) is 3. The van der Waals surface area contributed by atoms with Gasteiger partial charge in [0.2, 0.25) is 0 Å². The Morgan fingerprint density at radius 2 is 1.54 bits per heavy atom. The van der Waals surface area contributed by atoms with Gasteiger partial charge in [0.05, 0.1) is 26.4 Å². The molecule has 0 fully saturated rings. The molecule has 0 bridgehead atoms. The molecule has 0 spiro atoms. The summed E-state index contributed by atoms with van der Waals surface area (Å²) in [6.45, 7) is 4.25. The van der Waals surface area contributed by atoms with Gasteiger partial charge in [-0.1, -0.05) is 44.2 Å². The molecule has 0 aliphatic carbocycles. The molecule has 0 radical (unpaired) electrons. The van der Waals surface area contributed by atoms with Crippen molar-refractivity contribution < 1.29 is 19.3 Å². The fourth-order valence-electron chi connectivity index (χ4n) is 2.60. The van der Waals surface area contributed by atoms with E-state index in [9.17, 15) is 5.11 Å². The minimum absolute atomic E-state index is 0. The lowest BCUT2D eigenvalue weighted by Crippen LogP contribution is -2.31. The van der Waals surface area contributed by atoms with Gasteiger partial charge < -0.3 is 25.1 Å². The van der Waals surface area contributed by atoms with Crippen LogP contribution in [-0.4, -0.2) is 25.4 Å². The molecule has 2 aromatic carbocycles. The molecule has 26 heavy (non-hydrogen) atoms. The van der Waals surface area contributed by atoms with E-state index in [0.717, 1.165) is 5.56 Å². The van der Waals surface area contributed by atoms with Gasteiger partial charge in [-0.3, -0.25) is 0 Å². The summed E-state index contributed by atoms with van der Waals surface area (Å²) in [6, 6.07) is 12.8. The summed E-state index contributed by atoms with van der Waals surface area (Å²) in [6.07, 6.45) is -0.697. The smallest absolute Gasteiger partial charge is 0.164 e. The van der Waals surface area contributed by atoms with Gasteiger partial charge in [-0.05, 0) is 17.5 Å². The van der Waals surface area contributed by atoms with Crippen LogP contribution in [0.4, 0.5) is 0 Å². The second-order valence-corrected chi connectivity index (χ2v) is 6.28. The molecule has 0 aromatic heterocycles. The molecule has 2 atom stereocenters. The van der Waals surface area contributed by atoms with Crippen LogP contribution in [0.1, 0.15) is 31.0 Å². The molecular weight excluding hydrogens is 354 g/mol. The van der Waals surface area contributed by atoms with Gasteiger partial charge in [0.1, 0.15) is 12.4 Å². The molecule has 6 heteroatoms. The van der Waals surface area contributed by atoms with E-state index in [1.165, 1.54) is 0 Å². The van der Waals surface area contributed by atoms with Crippen molar-refractivity contribution in [2.45, 2.75) is 32.6 Å². The zero-order chi connectivity index (χ0) is 18.4. The van der Waals surface area contributed by atoms with E-state index >= 15 is 0 Å². The van der Waals surface area contributed by atoms with Crippen molar-refractivity contribution in [2.75, 3.05) is 14.2 Å². The lowest BCUT2D eigenvalue weighted by Gasteiger charge is -2.25. The van der Waals surface area contributed by atoms with Crippen molar-refractivity contribution in [2.24, 2.45) is 11.7 Å². The number of halogens is 1. The number of hydrogen-bond donors (Lipinski definition) is 2. The second kappa shape index (κ2) is 10.3. The van der Waals surface area contributed by atoms with E-state index in [0.29, 0.717) is 29.4 Å². The van der Waals surface area contributed by atoms with Crippen LogP contribution in [0.15, 0.2) is 42.5 Å². The molecule has 2 aromatic rings. The molecule has 3 N–H and O–H groups in total. The number of aliphatic hydroxyl groups is 1. The summed E-state index contributed by atoms with van der Waals surface area (Å²) in [4.78, 5) is 0. The minimum Gasteiger partial charge on any atom is -0.493 e. The number of hydrogen-bond acceptors (Lipinski definition) is 5. The first-order chi connectivity index (χ1) is 12.0. The van der Waals surface area contributed by atoms with E-state index in [1.807, 2.05) is 44.2 Å². The van der Waals surface area contributed by atoms with Crippen LogP contribution >= 0.6 is 12.4 Å². The highest BCUT2D eigenvalue weighted by Gasteiger charge is 2.25. The predicted molar refractivity (Wildman–Crippen MR) is 105 cm³/mol. The molecule has 0 amide bonds. The molecule has 2 rings (SSSR count). The van der Waals surface area contributed by atoms with Crippen LogP contribution in [0.25, 0.3) is 0 Å². The molecule has 0 saturated heterocycles. The monoisotopic (exact) mass is 381 g/mol. The highest BCUT2D eigenvalue weighted by molar-refractivity contribution is 5.85. The van der Waals surface area contributed by atoms with Crippen molar-refractivity contribution in [1.82, 2.24) is 0 Å². The third-order valence-electron chi connectivity index (χ3n) is 4.16. The van der Waals surface area contributed by atoms with E-state index in [2.05, 4.69) is 0 Å². The molecule has 0 aliphatic rings. The van der Waals surface area contributed by atoms with E-state index in [-0.39, 0.29) is 18.3 Å². The standard InChI is InChI=1S/C20H27NO4.ClH/c1-13(2)20(22)19(21)15-10-17(23-3)18(24-4)11-16(15)25-12-14-8-6-5-7-9-14;/h5-11,13,19-20,22H,12,21H2,1-4H3;1H/t19-,20+;/m0./s1. The minimum atomic E-state index is -0.697. The van der Waals surface area contributed by atoms with Gasteiger partial charge >= 0.3 is 0 Å². The van der Waals surface area contributed by atoms with Gasteiger partial charge in [0.15, 0.2) is 11.5 Å². The van der Waals surface area contributed by atoms with Gasteiger partial charge in [-0.25, -0.2) is 0 Å². The molecule has 0 saturated carbocycles. The average molecular weight is 382 g/mol. The molecular formula is C20H28ClNO4. The molecule has 0 aliphatic heterocycles. The molecule has 144 valence electrons. The maximum Gasteiger partial charge on any atom is 0.164 e. The zero-order valence-electron chi connectivity index (χ0n) is 15.6. The third-order valence-corrected chi connectivity index (χ3v) is 4.16. The summed E-state index contributed by atoms with van der Waals surface area (Å²) < 4.78 is 16.7. The fraction of sp³-hybridized carbons (Fsp3) is 0.400. The summed E-state index contributed by atoms with van der Waals surface area (Å²) in [5, 5.41) is 10.4. The number of methoxy groups -OCH3 is 2. The molecule has 5 nitrogen and oxygen atoms in total. The Kier molecular flexibility index (Phi) is 8.72. The SMILES string of the molecule is COc1cc(OCc2ccccc2)c([C@H](N)[C@H](O)C(C)C)cc1OC.Cl. The highest BCUT2D eigenvalue weighted by Crippen LogP contribution is 2.38. The van der Waals surface area contributed by atoms with E-state index in [4.69, 9.17) is 19.9 Å². The maximum absolute atomic E-state index is 10.4. The Hall–Kier alpha value is -1.95. The Morgan fingerprint density at radius 1 is 0.962 bits per heavy atom. The largest absolute Gasteiger partial charge is 0.493 e. The molecule has 0 heterocycles. The Morgan fingerprint density at radius 3 is 2.08 bits per heavy atom. The van der Waals surface area contributed by atoms with Gasteiger partial charge in [0.25, 0.3) is 0 Å². The van der Waals surface area contributed by atoms with Crippen LogP contribution in [0, 0.1) is 5.92 Å². The summed E-state index contributed by atoms with van der Waals surface area (Å²) in [5.41, 5.74) is 8.03. The van der Waals surface area contributed by atoms with Crippen LogP contribution in [0.3, 0.4) is 0 Å². The first-order valence-electron chi connectivity index (χ1n) is 8.34. The molecule has 0 unspecified atom stereocenters. The van der Waals surface area contributed by atoms with Crippen molar-refractivity contribution >= 4 is 12.4 Å². The van der Waals surface area contributed by atoms with Crippen LogP contribution in [-0.2, 0) is 6.61 Å². The number of rotatable bonds is 8.